The van der Waals surface area contributed by atoms with E-state index >= 15 is 0 Å². The Bertz CT molecular complexity index is 950. The quantitative estimate of drug-likeness (QED) is 0.504. The number of ether oxygens (including phenoxy) is 3. The second-order valence-electron chi connectivity index (χ2n) is 7.74. The third-order valence-electron chi connectivity index (χ3n) is 4.49. The van der Waals surface area contributed by atoms with Gasteiger partial charge < -0.3 is 14.2 Å². The second-order valence-corrected chi connectivity index (χ2v) is 7.74. The number of hydrogen-bond donors (Lipinski definition) is 0. The van der Waals surface area contributed by atoms with E-state index < -0.39 is 5.97 Å². The van der Waals surface area contributed by atoms with Crippen LogP contribution in [0.15, 0.2) is 53.2 Å². The van der Waals surface area contributed by atoms with E-state index in [1.54, 1.807) is 6.08 Å². The van der Waals surface area contributed by atoms with Crippen LogP contribution in [0.2, 0.25) is 0 Å². The summed E-state index contributed by atoms with van der Waals surface area (Å²) < 4.78 is 16.6. The van der Waals surface area contributed by atoms with Crippen molar-refractivity contribution in [2.24, 2.45) is 4.99 Å². The van der Waals surface area contributed by atoms with Crippen LogP contribution in [0.3, 0.4) is 0 Å². The van der Waals surface area contributed by atoms with E-state index in [0.717, 1.165) is 11.1 Å². The Morgan fingerprint density at radius 2 is 1.62 bits per heavy atom. The number of nitrogens with zero attached hydrogens (tertiary/aromatic N) is 1. The van der Waals surface area contributed by atoms with Crippen LogP contribution in [0.4, 0.5) is 0 Å². The highest BCUT2D eigenvalue weighted by Crippen LogP contribution is 2.30. The molecular formula is C24H27NO4. The number of cyclic esters (lactones) is 1. The number of carbonyl (C=O) groups is 1. The molecule has 0 aromatic heterocycles. The average Bonchev–Trinajstić information content (AvgIpc) is 3.04. The van der Waals surface area contributed by atoms with Gasteiger partial charge in [0.2, 0.25) is 5.90 Å². The highest BCUT2D eigenvalue weighted by atomic mass is 16.6. The molecule has 0 saturated carbocycles. The fourth-order valence-corrected chi connectivity index (χ4v) is 2.96. The number of carbonyl (C=O) groups excluding carboxylic acids is 1. The van der Waals surface area contributed by atoms with Crippen molar-refractivity contribution in [1.82, 2.24) is 0 Å². The molecule has 0 fully saturated rings. The molecule has 0 amide bonds. The number of hydrogen-bond acceptors (Lipinski definition) is 5. The SMILES string of the molecule is CCOc1ccc(C=C2N=C(c3ccc(C(C)(C)C)cc3)OC2=O)cc1OCC. The molecule has 0 unspecified atom stereocenters. The van der Waals surface area contributed by atoms with Crippen LogP contribution in [-0.4, -0.2) is 25.1 Å². The number of esters is 1. The second kappa shape index (κ2) is 8.52. The lowest BCUT2D eigenvalue weighted by Crippen LogP contribution is -2.11. The van der Waals surface area contributed by atoms with Crippen LogP contribution in [0.25, 0.3) is 6.08 Å². The van der Waals surface area contributed by atoms with Crippen LogP contribution in [0.5, 0.6) is 11.5 Å². The summed E-state index contributed by atoms with van der Waals surface area (Å²) >= 11 is 0. The molecule has 2 aromatic rings. The minimum absolute atomic E-state index is 0.0592. The van der Waals surface area contributed by atoms with Crippen molar-refractivity contribution in [3.8, 4) is 11.5 Å². The maximum atomic E-state index is 12.3. The summed E-state index contributed by atoms with van der Waals surface area (Å²) in [5.41, 5.74) is 3.09. The van der Waals surface area contributed by atoms with Gasteiger partial charge in [-0.15, -0.1) is 0 Å². The van der Waals surface area contributed by atoms with Crippen LogP contribution in [0, 0.1) is 0 Å². The van der Waals surface area contributed by atoms with Crippen molar-refractivity contribution < 1.29 is 19.0 Å². The van der Waals surface area contributed by atoms with Crippen molar-refractivity contribution in [2.45, 2.75) is 40.0 Å². The third-order valence-corrected chi connectivity index (χ3v) is 4.49. The zero-order chi connectivity index (χ0) is 21.0. The normalized spacial score (nSPS) is 15.3. The van der Waals surface area contributed by atoms with Gasteiger partial charge in [0.05, 0.1) is 13.2 Å². The lowest BCUT2D eigenvalue weighted by molar-refractivity contribution is -0.129. The summed E-state index contributed by atoms with van der Waals surface area (Å²) in [6.07, 6.45) is 1.69. The Labute approximate surface area is 172 Å². The van der Waals surface area contributed by atoms with Gasteiger partial charge in [-0.2, -0.15) is 0 Å². The van der Waals surface area contributed by atoms with Crippen LogP contribution in [-0.2, 0) is 14.9 Å². The predicted molar refractivity (Wildman–Crippen MR) is 115 cm³/mol. The summed E-state index contributed by atoms with van der Waals surface area (Å²) in [5.74, 6) is 1.16. The molecule has 0 radical (unpaired) electrons. The molecule has 2 aromatic carbocycles. The van der Waals surface area contributed by atoms with Gasteiger partial charge in [-0.05, 0) is 60.7 Å². The van der Waals surface area contributed by atoms with Gasteiger partial charge in [0.1, 0.15) is 0 Å². The smallest absolute Gasteiger partial charge is 0.363 e. The molecule has 0 saturated heterocycles. The first-order valence-electron chi connectivity index (χ1n) is 9.85. The van der Waals surface area contributed by atoms with E-state index in [4.69, 9.17) is 14.2 Å². The largest absolute Gasteiger partial charge is 0.490 e. The zero-order valence-corrected chi connectivity index (χ0v) is 17.6. The molecular weight excluding hydrogens is 366 g/mol. The van der Waals surface area contributed by atoms with Crippen molar-refractivity contribution in [1.29, 1.82) is 0 Å². The van der Waals surface area contributed by atoms with Crippen LogP contribution >= 0.6 is 0 Å². The van der Waals surface area contributed by atoms with E-state index in [-0.39, 0.29) is 11.1 Å². The Balaban J connectivity index is 1.87. The first-order chi connectivity index (χ1) is 13.8. The maximum Gasteiger partial charge on any atom is 0.363 e. The Morgan fingerprint density at radius 3 is 2.24 bits per heavy atom. The van der Waals surface area contributed by atoms with E-state index in [9.17, 15) is 4.79 Å². The molecule has 0 aliphatic carbocycles. The highest BCUT2D eigenvalue weighted by molar-refractivity contribution is 6.12. The first kappa shape index (κ1) is 20.6. The van der Waals surface area contributed by atoms with Crippen molar-refractivity contribution in [2.75, 3.05) is 13.2 Å². The molecule has 5 heteroatoms. The molecule has 1 aliphatic rings. The minimum atomic E-state index is -0.466. The molecule has 1 aliphatic heterocycles. The molecule has 1 heterocycles. The van der Waals surface area contributed by atoms with Gasteiger partial charge in [-0.25, -0.2) is 9.79 Å². The Kier molecular flexibility index (Phi) is 6.06. The summed E-state index contributed by atoms with van der Waals surface area (Å²) in [5, 5.41) is 0. The Hall–Kier alpha value is -3.08. The van der Waals surface area contributed by atoms with Crippen molar-refractivity contribution in [3.05, 3.63) is 64.9 Å². The summed E-state index contributed by atoms with van der Waals surface area (Å²) in [6, 6.07) is 13.5. The average molecular weight is 393 g/mol. The summed E-state index contributed by atoms with van der Waals surface area (Å²) in [6.45, 7) is 11.4. The van der Waals surface area contributed by atoms with Gasteiger partial charge >= 0.3 is 5.97 Å². The van der Waals surface area contributed by atoms with Gasteiger partial charge in [-0.3, -0.25) is 0 Å². The van der Waals surface area contributed by atoms with Gasteiger partial charge in [0.15, 0.2) is 17.2 Å². The van der Waals surface area contributed by atoms with Gasteiger partial charge in [-0.1, -0.05) is 39.0 Å². The molecule has 0 atom stereocenters. The number of benzene rings is 2. The Morgan fingerprint density at radius 1 is 0.966 bits per heavy atom. The van der Waals surface area contributed by atoms with Gasteiger partial charge in [0, 0.05) is 5.56 Å². The predicted octanol–water partition coefficient (Wildman–Crippen LogP) is 5.13. The molecule has 3 rings (SSSR count). The van der Waals surface area contributed by atoms with E-state index in [2.05, 4.69) is 25.8 Å². The van der Waals surface area contributed by atoms with E-state index in [1.165, 1.54) is 5.56 Å². The van der Waals surface area contributed by atoms with Crippen molar-refractivity contribution >= 4 is 17.9 Å². The highest BCUT2D eigenvalue weighted by Gasteiger charge is 2.25. The lowest BCUT2D eigenvalue weighted by atomic mass is 9.87. The molecule has 152 valence electrons. The lowest BCUT2D eigenvalue weighted by Gasteiger charge is -2.18. The van der Waals surface area contributed by atoms with Gasteiger partial charge in [0.25, 0.3) is 0 Å². The van der Waals surface area contributed by atoms with E-state index in [1.807, 2.05) is 56.3 Å². The zero-order valence-electron chi connectivity index (χ0n) is 17.6. The molecule has 0 spiro atoms. The standard InChI is InChI=1S/C24H27NO4/c1-6-27-20-13-8-16(15-21(20)28-7-2)14-19-23(26)29-22(25-19)17-9-11-18(12-10-17)24(3,4)5/h8-15H,6-7H2,1-5H3. The van der Waals surface area contributed by atoms with E-state index in [0.29, 0.717) is 30.6 Å². The van der Waals surface area contributed by atoms with Crippen LogP contribution in [0.1, 0.15) is 51.3 Å². The monoisotopic (exact) mass is 393 g/mol. The maximum absolute atomic E-state index is 12.3. The number of aliphatic imine (C=N–C) groups is 1. The third kappa shape index (κ3) is 4.86. The molecule has 5 nitrogen and oxygen atoms in total. The molecule has 29 heavy (non-hydrogen) atoms. The summed E-state index contributed by atoms with van der Waals surface area (Å²) in [4.78, 5) is 16.7. The molecule has 0 N–H and O–H groups in total. The fourth-order valence-electron chi connectivity index (χ4n) is 2.96. The molecule has 0 bridgehead atoms. The van der Waals surface area contributed by atoms with Crippen molar-refractivity contribution in [3.63, 3.8) is 0 Å². The minimum Gasteiger partial charge on any atom is -0.490 e. The van der Waals surface area contributed by atoms with Crippen LogP contribution < -0.4 is 9.47 Å². The number of rotatable bonds is 6. The fraction of sp³-hybridized carbons (Fsp3) is 0.333. The summed E-state index contributed by atoms with van der Waals surface area (Å²) in [7, 11) is 0. The topological polar surface area (TPSA) is 57.1 Å². The first-order valence-corrected chi connectivity index (χ1v) is 9.85.